The van der Waals surface area contributed by atoms with Crippen molar-refractivity contribution in [1.29, 1.82) is 0 Å². The number of carbonyl (C=O) groups excluding carboxylic acids is 2. The van der Waals surface area contributed by atoms with Crippen LogP contribution in [0.25, 0.3) is 0 Å². The molecule has 3 heterocycles. The first-order valence-electron chi connectivity index (χ1n) is 10.8. The zero-order chi connectivity index (χ0) is 27.4. The van der Waals surface area contributed by atoms with Crippen LogP contribution in [0.2, 0.25) is 5.02 Å². The maximum Gasteiger partial charge on any atom is 0.272 e. The highest BCUT2D eigenvalue weighted by Gasteiger charge is 2.45. The summed E-state index contributed by atoms with van der Waals surface area (Å²) in [5.41, 5.74) is 2.51. The zero-order valence-electron chi connectivity index (χ0n) is 19.3. The average Bonchev–Trinajstić information content (AvgIpc) is 3.64. The lowest BCUT2D eigenvalue weighted by atomic mass is 10.2. The summed E-state index contributed by atoms with van der Waals surface area (Å²) in [6.45, 7) is 0.0802. The van der Waals surface area contributed by atoms with Crippen molar-refractivity contribution < 1.29 is 30.8 Å². The molecule has 0 aliphatic carbocycles. The lowest BCUT2D eigenvalue weighted by molar-refractivity contribution is -0.123. The van der Waals surface area contributed by atoms with Gasteiger partial charge in [-0.1, -0.05) is 23.4 Å². The molecule has 1 atom stereocenters. The smallest absolute Gasteiger partial charge is 0.272 e. The summed E-state index contributed by atoms with van der Waals surface area (Å²) in [6.07, 6.45) is 2.75. The van der Waals surface area contributed by atoms with Gasteiger partial charge in [-0.05, 0) is 53.9 Å². The highest BCUT2D eigenvalue weighted by atomic mass is 35.5. The molecule has 16 heteroatoms. The van der Waals surface area contributed by atoms with Gasteiger partial charge in [0.1, 0.15) is 15.7 Å². The van der Waals surface area contributed by atoms with E-state index >= 15 is 0 Å². The number of nitrogens with one attached hydrogen (secondary N) is 4. The molecular formula is C22H21ClN4O7S4. The van der Waals surface area contributed by atoms with E-state index < -0.39 is 42.1 Å². The number of thiophene rings is 1. The molecule has 0 spiro atoms. The molecule has 0 saturated carbocycles. The quantitative estimate of drug-likeness (QED) is 0.237. The van der Waals surface area contributed by atoms with Gasteiger partial charge in [0.25, 0.3) is 21.8 Å². The number of benzene rings is 1. The number of hydrogen-bond acceptors (Lipinski definition) is 10. The van der Waals surface area contributed by atoms with Crippen LogP contribution in [-0.2, 0) is 37.0 Å². The van der Waals surface area contributed by atoms with Gasteiger partial charge in [0.2, 0.25) is 0 Å². The van der Waals surface area contributed by atoms with Crippen LogP contribution in [0.3, 0.4) is 0 Å². The van der Waals surface area contributed by atoms with Crippen molar-refractivity contribution in [2.45, 2.75) is 21.4 Å². The Hall–Kier alpha value is -2.82. The van der Waals surface area contributed by atoms with Crippen molar-refractivity contribution in [3.05, 3.63) is 87.6 Å². The normalized spacial score (nSPS) is 17.2. The topological polar surface area (TPSA) is 164 Å². The highest BCUT2D eigenvalue weighted by Crippen LogP contribution is 2.31. The molecule has 0 bridgehead atoms. The number of furan rings is 1. The van der Waals surface area contributed by atoms with Gasteiger partial charge in [-0.15, -0.1) is 16.2 Å². The fraction of sp³-hybridized carbons (Fsp3) is 0.182. The van der Waals surface area contributed by atoms with Gasteiger partial charge >= 0.3 is 0 Å². The molecule has 11 nitrogen and oxygen atoms in total. The fourth-order valence-electron chi connectivity index (χ4n) is 3.32. The van der Waals surface area contributed by atoms with Crippen LogP contribution < -0.4 is 20.9 Å². The summed E-state index contributed by atoms with van der Waals surface area (Å²) >= 11 is 7.62. The molecule has 0 saturated heterocycles. The second-order valence-corrected chi connectivity index (χ2v) is 14.8. The standard InChI is InChI=1S/C22H21ClN4O7S4/c23-16-5-3-15(4-6-16)20(28)24-12-18-7-8-19(36-18)38(32,33)27-26-21(29)22(25-9-11-35-22)14-37(30,31)13-17-2-1-10-34-17/h1-11,25,27H,12-14H2,(H,24,28)(H,26,29). The number of halogens is 1. The minimum atomic E-state index is -4.18. The van der Waals surface area contributed by atoms with Crippen molar-refractivity contribution in [2.75, 3.05) is 5.75 Å². The summed E-state index contributed by atoms with van der Waals surface area (Å²) in [6, 6.07) is 12.2. The predicted octanol–water partition coefficient (Wildman–Crippen LogP) is 2.35. The minimum Gasteiger partial charge on any atom is -0.468 e. The number of thioether (sulfide) groups is 1. The second kappa shape index (κ2) is 11.5. The van der Waals surface area contributed by atoms with Crippen molar-refractivity contribution in [3.63, 3.8) is 0 Å². The Bertz CT molecular complexity index is 1540. The number of rotatable bonds is 11. The van der Waals surface area contributed by atoms with E-state index in [1.165, 1.54) is 36.1 Å². The number of amides is 2. The van der Waals surface area contributed by atoms with E-state index in [1.54, 1.807) is 30.3 Å². The number of sulfone groups is 1. The summed E-state index contributed by atoms with van der Waals surface area (Å²) in [5.74, 6) is -2.08. The third-order valence-corrected chi connectivity index (χ3v) is 11.1. The Morgan fingerprint density at radius 1 is 1.05 bits per heavy atom. The first-order valence-corrected chi connectivity index (χ1v) is 16.1. The van der Waals surface area contributed by atoms with Gasteiger partial charge in [-0.2, -0.15) is 0 Å². The number of hydrazine groups is 1. The Morgan fingerprint density at radius 3 is 2.47 bits per heavy atom. The summed E-state index contributed by atoms with van der Waals surface area (Å²) in [4.78, 5) is 26.1. The second-order valence-electron chi connectivity index (χ2n) is 7.97. The van der Waals surface area contributed by atoms with Gasteiger partial charge in [-0.3, -0.25) is 15.0 Å². The summed E-state index contributed by atoms with van der Waals surface area (Å²) < 4.78 is 55.9. The maximum absolute atomic E-state index is 13.0. The Balaban J connectivity index is 1.36. The molecule has 0 radical (unpaired) electrons. The van der Waals surface area contributed by atoms with E-state index in [4.69, 9.17) is 16.0 Å². The van der Waals surface area contributed by atoms with E-state index in [0.717, 1.165) is 23.1 Å². The molecule has 1 aliphatic heterocycles. The van der Waals surface area contributed by atoms with Crippen LogP contribution in [0.15, 0.2) is 75.0 Å². The maximum atomic E-state index is 13.0. The Morgan fingerprint density at radius 2 is 1.82 bits per heavy atom. The molecule has 4 N–H and O–H groups in total. The van der Waals surface area contributed by atoms with Crippen LogP contribution in [0.1, 0.15) is 21.0 Å². The molecule has 202 valence electrons. The zero-order valence-corrected chi connectivity index (χ0v) is 23.4. The lowest BCUT2D eigenvalue weighted by Crippen LogP contribution is -2.58. The monoisotopic (exact) mass is 616 g/mol. The molecule has 2 amide bonds. The molecule has 1 aliphatic rings. The predicted molar refractivity (Wildman–Crippen MR) is 144 cm³/mol. The van der Waals surface area contributed by atoms with Crippen LogP contribution in [0, 0.1) is 0 Å². The Kier molecular flexibility index (Phi) is 8.54. The molecule has 4 rings (SSSR count). The van der Waals surface area contributed by atoms with Crippen molar-refractivity contribution >= 4 is 66.4 Å². The highest BCUT2D eigenvalue weighted by molar-refractivity contribution is 8.05. The molecular weight excluding hydrogens is 596 g/mol. The van der Waals surface area contributed by atoms with Gasteiger partial charge in [0, 0.05) is 21.7 Å². The van der Waals surface area contributed by atoms with Crippen LogP contribution >= 0.6 is 34.7 Å². The van der Waals surface area contributed by atoms with Crippen molar-refractivity contribution in [3.8, 4) is 0 Å². The van der Waals surface area contributed by atoms with Gasteiger partial charge < -0.3 is 15.1 Å². The third kappa shape index (κ3) is 6.98. The molecule has 1 unspecified atom stereocenters. The first kappa shape index (κ1) is 28.2. The summed E-state index contributed by atoms with van der Waals surface area (Å²) in [7, 11) is -8.01. The number of sulfonamides is 1. The molecule has 3 aromatic rings. The molecule has 0 fully saturated rings. The minimum absolute atomic E-state index is 0.0802. The van der Waals surface area contributed by atoms with E-state index in [2.05, 4.69) is 16.1 Å². The van der Waals surface area contributed by atoms with E-state index in [1.807, 2.05) is 4.83 Å². The van der Waals surface area contributed by atoms with Crippen molar-refractivity contribution in [2.24, 2.45) is 0 Å². The first-order chi connectivity index (χ1) is 18.0. The van der Waals surface area contributed by atoms with Crippen LogP contribution in [0.5, 0.6) is 0 Å². The van der Waals surface area contributed by atoms with E-state index in [9.17, 15) is 26.4 Å². The molecule has 2 aromatic heterocycles. The van der Waals surface area contributed by atoms with Gasteiger partial charge in [-0.25, -0.2) is 16.8 Å². The molecule has 1 aromatic carbocycles. The van der Waals surface area contributed by atoms with Crippen molar-refractivity contribution in [1.82, 2.24) is 20.9 Å². The Labute approximate surface area is 232 Å². The molecule has 38 heavy (non-hydrogen) atoms. The number of hydrogen-bond donors (Lipinski definition) is 4. The largest absolute Gasteiger partial charge is 0.468 e. The number of carbonyl (C=O) groups is 2. The fourth-order valence-corrected chi connectivity index (χ4v) is 8.59. The SMILES string of the molecule is O=C(NCc1ccc(S(=O)(=O)NNC(=O)C2(CS(=O)(=O)Cc3ccco3)NC=CS2)s1)c1ccc(Cl)cc1. The van der Waals surface area contributed by atoms with E-state index in [0.29, 0.717) is 15.5 Å². The van der Waals surface area contributed by atoms with E-state index in [-0.39, 0.29) is 22.4 Å². The van der Waals surface area contributed by atoms with Crippen LogP contribution in [-0.4, -0.2) is 39.3 Å². The third-order valence-electron chi connectivity index (χ3n) is 5.12. The van der Waals surface area contributed by atoms with Crippen LogP contribution in [0.4, 0.5) is 0 Å². The van der Waals surface area contributed by atoms with Gasteiger partial charge in [0.05, 0.1) is 18.6 Å². The summed E-state index contributed by atoms with van der Waals surface area (Å²) in [5, 5.41) is 7.40. The van der Waals surface area contributed by atoms with Gasteiger partial charge in [0.15, 0.2) is 14.7 Å². The lowest BCUT2D eigenvalue weighted by Gasteiger charge is -2.27. The average molecular weight is 617 g/mol.